The molecule has 3 N–H and O–H groups in total. The Balaban J connectivity index is 2.81. The van der Waals surface area contributed by atoms with Gasteiger partial charge in [-0.3, -0.25) is 4.79 Å². The highest BCUT2D eigenvalue weighted by molar-refractivity contribution is 5.98. The molecule has 0 saturated carbocycles. The maximum absolute atomic E-state index is 10.5. The standard InChI is InChI=1S/C9H8N2O/c10-7-1-2-8-6(5-12)4-11-9(8)3-7/h1-5,11H,10H2. The Kier molecular flexibility index (Phi) is 1.37. The highest BCUT2D eigenvalue weighted by Gasteiger charge is 2.00. The molecule has 1 aromatic carbocycles. The van der Waals surface area contributed by atoms with Crippen molar-refractivity contribution in [3.8, 4) is 0 Å². The monoisotopic (exact) mass is 160 g/mol. The van der Waals surface area contributed by atoms with Gasteiger partial charge in [-0.1, -0.05) is 6.07 Å². The summed E-state index contributed by atoms with van der Waals surface area (Å²) in [7, 11) is 0. The van der Waals surface area contributed by atoms with Crippen LogP contribution in [-0.2, 0) is 0 Å². The van der Waals surface area contributed by atoms with Gasteiger partial charge in [0.2, 0.25) is 0 Å². The third-order valence-electron chi connectivity index (χ3n) is 1.86. The van der Waals surface area contributed by atoms with Gasteiger partial charge in [-0.2, -0.15) is 0 Å². The minimum Gasteiger partial charge on any atom is -0.399 e. The van der Waals surface area contributed by atoms with E-state index in [4.69, 9.17) is 5.73 Å². The molecule has 0 spiro atoms. The molecule has 12 heavy (non-hydrogen) atoms. The van der Waals surface area contributed by atoms with E-state index < -0.39 is 0 Å². The SMILES string of the molecule is Nc1ccc2c(C=O)c[nH]c2c1. The number of nitrogens with one attached hydrogen (secondary N) is 1. The maximum Gasteiger partial charge on any atom is 0.152 e. The number of hydrogen-bond acceptors (Lipinski definition) is 2. The predicted octanol–water partition coefficient (Wildman–Crippen LogP) is 1.56. The lowest BCUT2D eigenvalue weighted by molar-refractivity contribution is 0.112. The maximum atomic E-state index is 10.5. The Labute approximate surface area is 69.2 Å². The first-order valence-electron chi connectivity index (χ1n) is 3.63. The smallest absolute Gasteiger partial charge is 0.152 e. The van der Waals surface area contributed by atoms with Crippen molar-refractivity contribution < 1.29 is 4.79 Å². The van der Waals surface area contributed by atoms with Gasteiger partial charge in [0, 0.05) is 28.4 Å². The second-order valence-electron chi connectivity index (χ2n) is 2.67. The van der Waals surface area contributed by atoms with Crippen LogP contribution in [0.4, 0.5) is 5.69 Å². The predicted molar refractivity (Wildman–Crippen MR) is 48.1 cm³/mol. The lowest BCUT2D eigenvalue weighted by Gasteiger charge is -1.92. The number of H-pyrrole nitrogens is 1. The van der Waals surface area contributed by atoms with Gasteiger partial charge in [0.25, 0.3) is 0 Å². The van der Waals surface area contributed by atoms with Crippen LogP contribution in [0.2, 0.25) is 0 Å². The van der Waals surface area contributed by atoms with Crippen molar-refractivity contribution in [1.29, 1.82) is 0 Å². The van der Waals surface area contributed by atoms with Crippen molar-refractivity contribution in [1.82, 2.24) is 4.98 Å². The number of anilines is 1. The molecule has 1 heterocycles. The van der Waals surface area contributed by atoms with Crippen LogP contribution in [0, 0.1) is 0 Å². The number of aldehydes is 1. The fourth-order valence-corrected chi connectivity index (χ4v) is 1.26. The minimum absolute atomic E-state index is 0.671. The zero-order valence-electron chi connectivity index (χ0n) is 6.37. The number of hydrogen-bond donors (Lipinski definition) is 2. The normalized spacial score (nSPS) is 10.3. The molecule has 0 amide bonds. The number of nitrogen functional groups attached to an aromatic ring is 1. The van der Waals surface area contributed by atoms with Gasteiger partial charge in [0.1, 0.15) is 0 Å². The van der Waals surface area contributed by atoms with Crippen molar-refractivity contribution in [2.24, 2.45) is 0 Å². The zero-order valence-corrected chi connectivity index (χ0v) is 6.37. The van der Waals surface area contributed by atoms with Crippen molar-refractivity contribution in [3.63, 3.8) is 0 Å². The lowest BCUT2D eigenvalue weighted by Crippen LogP contribution is -1.83. The van der Waals surface area contributed by atoms with Crippen molar-refractivity contribution >= 4 is 22.9 Å². The molecule has 0 unspecified atom stereocenters. The van der Waals surface area contributed by atoms with Crippen LogP contribution in [0.5, 0.6) is 0 Å². The summed E-state index contributed by atoms with van der Waals surface area (Å²) in [5, 5.41) is 0.916. The van der Waals surface area contributed by atoms with Crippen LogP contribution in [-0.4, -0.2) is 11.3 Å². The molecule has 0 bridgehead atoms. The van der Waals surface area contributed by atoms with Crippen molar-refractivity contribution in [3.05, 3.63) is 30.0 Å². The fraction of sp³-hybridized carbons (Fsp3) is 0. The second-order valence-corrected chi connectivity index (χ2v) is 2.67. The van der Waals surface area contributed by atoms with Crippen molar-refractivity contribution in [2.75, 3.05) is 5.73 Å². The number of benzene rings is 1. The van der Waals surface area contributed by atoms with E-state index in [2.05, 4.69) is 4.98 Å². The Morgan fingerprint density at radius 3 is 3.00 bits per heavy atom. The second kappa shape index (κ2) is 2.37. The van der Waals surface area contributed by atoms with Gasteiger partial charge in [-0.25, -0.2) is 0 Å². The topological polar surface area (TPSA) is 58.9 Å². The minimum atomic E-state index is 0.671. The van der Waals surface area contributed by atoms with E-state index in [1.165, 1.54) is 0 Å². The van der Waals surface area contributed by atoms with E-state index in [1.54, 1.807) is 12.3 Å². The first kappa shape index (κ1) is 6.91. The molecule has 0 aliphatic rings. The summed E-state index contributed by atoms with van der Waals surface area (Å²) in [4.78, 5) is 13.5. The van der Waals surface area contributed by atoms with Gasteiger partial charge >= 0.3 is 0 Å². The molecule has 3 heteroatoms. The molecule has 3 nitrogen and oxygen atoms in total. The number of fused-ring (bicyclic) bond motifs is 1. The van der Waals surface area contributed by atoms with E-state index >= 15 is 0 Å². The molecule has 2 aromatic rings. The molecule has 2 rings (SSSR count). The number of nitrogens with two attached hydrogens (primary N) is 1. The van der Waals surface area contributed by atoms with Crippen LogP contribution in [0.15, 0.2) is 24.4 Å². The summed E-state index contributed by atoms with van der Waals surface area (Å²) >= 11 is 0. The number of carbonyl (C=O) groups is 1. The first-order chi connectivity index (χ1) is 5.81. The third-order valence-corrected chi connectivity index (χ3v) is 1.86. The van der Waals surface area contributed by atoms with Crippen LogP contribution in [0.1, 0.15) is 10.4 Å². The van der Waals surface area contributed by atoms with Crippen LogP contribution in [0.25, 0.3) is 10.9 Å². The van der Waals surface area contributed by atoms with E-state index in [0.717, 1.165) is 17.2 Å². The number of aromatic amines is 1. The van der Waals surface area contributed by atoms with Crippen LogP contribution < -0.4 is 5.73 Å². The summed E-state index contributed by atoms with van der Waals surface area (Å²) in [5.41, 5.74) is 7.83. The van der Waals surface area contributed by atoms with Gasteiger partial charge in [0.15, 0.2) is 6.29 Å². The Morgan fingerprint density at radius 1 is 1.42 bits per heavy atom. The Hall–Kier alpha value is -1.77. The average molecular weight is 160 g/mol. The number of aromatic nitrogens is 1. The number of carbonyl (C=O) groups excluding carboxylic acids is 1. The van der Waals surface area contributed by atoms with Crippen LogP contribution in [0.3, 0.4) is 0 Å². The molecular formula is C9H8N2O. The van der Waals surface area contributed by atoms with Crippen LogP contribution >= 0.6 is 0 Å². The number of rotatable bonds is 1. The Morgan fingerprint density at radius 2 is 2.25 bits per heavy atom. The van der Waals surface area contributed by atoms with E-state index in [9.17, 15) is 4.79 Å². The molecule has 0 radical (unpaired) electrons. The van der Waals surface area contributed by atoms with Gasteiger partial charge in [-0.05, 0) is 12.1 Å². The van der Waals surface area contributed by atoms with E-state index in [0.29, 0.717) is 11.3 Å². The third kappa shape index (κ3) is 0.871. The first-order valence-corrected chi connectivity index (χ1v) is 3.63. The molecule has 0 aliphatic heterocycles. The molecule has 60 valence electrons. The summed E-state index contributed by atoms with van der Waals surface area (Å²) in [5.74, 6) is 0. The van der Waals surface area contributed by atoms with Gasteiger partial charge < -0.3 is 10.7 Å². The highest BCUT2D eigenvalue weighted by atomic mass is 16.1. The highest BCUT2D eigenvalue weighted by Crippen LogP contribution is 2.18. The molecule has 0 saturated heterocycles. The summed E-state index contributed by atoms with van der Waals surface area (Å²) < 4.78 is 0. The lowest BCUT2D eigenvalue weighted by atomic mass is 10.2. The summed E-state index contributed by atoms with van der Waals surface area (Å²) in [6, 6.07) is 5.43. The van der Waals surface area contributed by atoms with Crippen molar-refractivity contribution in [2.45, 2.75) is 0 Å². The van der Waals surface area contributed by atoms with Gasteiger partial charge in [0.05, 0.1) is 0 Å². The van der Waals surface area contributed by atoms with Gasteiger partial charge in [-0.15, -0.1) is 0 Å². The molecule has 0 aliphatic carbocycles. The summed E-state index contributed by atoms with van der Waals surface area (Å²) in [6.07, 6.45) is 2.51. The van der Waals surface area contributed by atoms with E-state index in [1.807, 2.05) is 12.1 Å². The molecule has 0 fully saturated rings. The molecule has 1 aromatic heterocycles. The molecular weight excluding hydrogens is 152 g/mol. The summed E-state index contributed by atoms with van der Waals surface area (Å²) in [6.45, 7) is 0. The zero-order chi connectivity index (χ0) is 8.55. The van der Waals surface area contributed by atoms with E-state index in [-0.39, 0.29) is 0 Å². The fourth-order valence-electron chi connectivity index (χ4n) is 1.26. The average Bonchev–Trinajstić information content (AvgIpc) is 2.46. The quantitative estimate of drug-likeness (QED) is 0.491. The Bertz CT molecular complexity index is 431. The molecule has 0 atom stereocenters. The largest absolute Gasteiger partial charge is 0.399 e.